The lowest BCUT2D eigenvalue weighted by Crippen LogP contribution is -2.36. The summed E-state index contributed by atoms with van der Waals surface area (Å²) in [6.45, 7) is 2.53. The molecular weight excluding hydrogens is 302 g/mol. The quantitative estimate of drug-likeness (QED) is 0.765. The third-order valence-corrected chi connectivity index (χ3v) is 3.88. The van der Waals surface area contributed by atoms with E-state index in [1.54, 1.807) is 0 Å². The van der Waals surface area contributed by atoms with Gasteiger partial charge in [-0.1, -0.05) is 54.6 Å². The Kier molecular flexibility index (Phi) is 7.04. The Labute approximate surface area is 144 Å². The van der Waals surface area contributed by atoms with Gasteiger partial charge in [-0.25, -0.2) is 0 Å². The fourth-order valence-corrected chi connectivity index (χ4v) is 2.60. The van der Waals surface area contributed by atoms with E-state index in [0.717, 1.165) is 26.1 Å². The van der Waals surface area contributed by atoms with Crippen LogP contribution in [0.3, 0.4) is 0 Å². The van der Waals surface area contributed by atoms with E-state index in [1.807, 2.05) is 6.07 Å². The molecule has 4 heteroatoms. The monoisotopic (exact) mass is 327 g/mol. The molecule has 0 bridgehead atoms. The Bertz CT molecular complexity index is 611. The van der Waals surface area contributed by atoms with Gasteiger partial charge in [0.1, 0.15) is 0 Å². The number of thiocarbonyl (C=S) groups is 1. The predicted octanol–water partition coefficient (Wildman–Crippen LogP) is 2.96. The van der Waals surface area contributed by atoms with Gasteiger partial charge in [0.15, 0.2) is 5.11 Å². The van der Waals surface area contributed by atoms with Crippen LogP contribution in [0.5, 0.6) is 0 Å². The molecule has 2 aromatic rings. The van der Waals surface area contributed by atoms with Crippen molar-refractivity contribution in [1.82, 2.24) is 15.5 Å². The highest BCUT2D eigenvalue weighted by Gasteiger charge is 2.03. The van der Waals surface area contributed by atoms with Gasteiger partial charge in [-0.15, -0.1) is 0 Å². The van der Waals surface area contributed by atoms with E-state index in [2.05, 4.69) is 78.2 Å². The van der Waals surface area contributed by atoms with Crippen LogP contribution >= 0.6 is 12.2 Å². The highest BCUT2D eigenvalue weighted by atomic mass is 32.1. The lowest BCUT2D eigenvalue weighted by atomic mass is 10.1. The van der Waals surface area contributed by atoms with Gasteiger partial charge >= 0.3 is 0 Å². The first-order valence-electron chi connectivity index (χ1n) is 7.92. The zero-order valence-corrected chi connectivity index (χ0v) is 14.7. The zero-order chi connectivity index (χ0) is 16.5. The number of nitrogens with zero attached hydrogens (tertiary/aromatic N) is 1. The Morgan fingerprint density at radius 1 is 0.913 bits per heavy atom. The normalized spacial score (nSPS) is 10.6. The van der Waals surface area contributed by atoms with Gasteiger partial charge in [0, 0.05) is 19.6 Å². The van der Waals surface area contributed by atoms with E-state index in [1.165, 1.54) is 16.7 Å². The smallest absolute Gasteiger partial charge is 0.166 e. The van der Waals surface area contributed by atoms with Gasteiger partial charge < -0.3 is 15.5 Å². The molecule has 3 nitrogen and oxygen atoms in total. The first-order valence-corrected chi connectivity index (χ1v) is 8.33. The van der Waals surface area contributed by atoms with Crippen LogP contribution in [0.2, 0.25) is 0 Å². The van der Waals surface area contributed by atoms with E-state index < -0.39 is 0 Å². The first-order chi connectivity index (χ1) is 11.1. The van der Waals surface area contributed by atoms with Crippen LogP contribution in [0.25, 0.3) is 0 Å². The summed E-state index contributed by atoms with van der Waals surface area (Å²) < 4.78 is 0. The third-order valence-electron chi connectivity index (χ3n) is 3.59. The van der Waals surface area contributed by atoms with Crippen molar-refractivity contribution in [3.05, 3.63) is 71.3 Å². The second kappa shape index (κ2) is 9.28. The molecule has 0 aliphatic carbocycles. The van der Waals surface area contributed by atoms with E-state index >= 15 is 0 Å². The lowest BCUT2D eigenvalue weighted by molar-refractivity contribution is 0.400. The molecule has 0 saturated heterocycles. The van der Waals surface area contributed by atoms with Gasteiger partial charge in [-0.3, -0.25) is 0 Å². The largest absolute Gasteiger partial charge is 0.362 e. The molecule has 2 N–H and O–H groups in total. The van der Waals surface area contributed by atoms with Crippen LogP contribution in [-0.4, -0.2) is 30.7 Å². The van der Waals surface area contributed by atoms with Crippen LogP contribution in [0.15, 0.2) is 54.6 Å². The summed E-state index contributed by atoms with van der Waals surface area (Å²) >= 11 is 5.37. The maximum atomic E-state index is 5.37. The van der Waals surface area contributed by atoms with Crippen molar-refractivity contribution >= 4 is 17.3 Å². The van der Waals surface area contributed by atoms with Crippen molar-refractivity contribution in [2.24, 2.45) is 0 Å². The minimum atomic E-state index is 0.709. The number of hydrogen-bond acceptors (Lipinski definition) is 2. The number of nitrogens with one attached hydrogen (secondary N) is 2. The fraction of sp³-hybridized carbons (Fsp3) is 0.316. The minimum Gasteiger partial charge on any atom is -0.362 e. The van der Waals surface area contributed by atoms with E-state index in [0.29, 0.717) is 5.11 Å². The summed E-state index contributed by atoms with van der Waals surface area (Å²) in [5.74, 6) is 0. The van der Waals surface area contributed by atoms with Crippen LogP contribution in [0.1, 0.15) is 16.7 Å². The molecule has 0 aromatic heterocycles. The van der Waals surface area contributed by atoms with Crippen LogP contribution in [0.4, 0.5) is 0 Å². The first kappa shape index (κ1) is 17.4. The van der Waals surface area contributed by atoms with Gasteiger partial charge in [-0.2, -0.15) is 0 Å². The second-order valence-corrected chi connectivity index (χ2v) is 6.26. The minimum absolute atomic E-state index is 0.709. The molecule has 0 unspecified atom stereocenters. The van der Waals surface area contributed by atoms with Crippen molar-refractivity contribution in [2.75, 3.05) is 20.6 Å². The van der Waals surface area contributed by atoms with E-state index in [-0.39, 0.29) is 0 Å². The van der Waals surface area contributed by atoms with Crippen LogP contribution < -0.4 is 10.6 Å². The van der Waals surface area contributed by atoms with Gasteiger partial charge in [0.25, 0.3) is 0 Å². The second-order valence-electron chi connectivity index (χ2n) is 5.85. The van der Waals surface area contributed by atoms with Gasteiger partial charge in [0.05, 0.1) is 0 Å². The molecule has 0 spiro atoms. The standard InChI is InChI=1S/C19H25N3S/c1-22(2)15-18-11-7-6-10-17(18)14-21-19(23)20-13-12-16-8-4-3-5-9-16/h3-11H,12-15H2,1-2H3,(H2,20,21,23). The predicted molar refractivity (Wildman–Crippen MR) is 101 cm³/mol. The summed E-state index contributed by atoms with van der Waals surface area (Å²) in [5.41, 5.74) is 3.93. The van der Waals surface area contributed by atoms with E-state index in [4.69, 9.17) is 12.2 Å². The summed E-state index contributed by atoms with van der Waals surface area (Å²) in [6.07, 6.45) is 0.972. The average Bonchev–Trinajstić information content (AvgIpc) is 2.54. The topological polar surface area (TPSA) is 27.3 Å². The molecule has 0 saturated carbocycles. The fourth-order valence-electron chi connectivity index (χ4n) is 2.43. The lowest BCUT2D eigenvalue weighted by Gasteiger charge is -2.16. The number of hydrogen-bond donors (Lipinski definition) is 2. The average molecular weight is 327 g/mol. The molecular formula is C19H25N3S. The molecule has 2 aromatic carbocycles. The third kappa shape index (κ3) is 6.38. The number of rotatable bonds is 7. The van der Waals surface area contributed by atoms with Crippen molar-refractivity contribution in [1.29, 1.82) is 0 Å². The molecule has 0 atom stereocenters. The van der Waals surface area contributed by atoms with Crippen LogP contribution in [0, 0.1) is 0 Å². The van der Waals surface area contributed by atoms with Gasteiger partial charge in [-0.05, 0) is 49.4 Å². The maximum absolute atomic E-state index is 5.37. The van der Waals surface area contributed by atoms with Crippen molar-refractivity contribution in [2.45, 2.75) is 19.5 Å². The van der Waals surface area contributed by atoms with Crippen molar-refractivity contribution in [3.63, 3.8) is 0 Å². The highest BCUT2D eigenvalue weighted by molar-refractivity contribution is 7.80. The van der Waals surface area contributed by atoms with Gasteiger partial charge in [0.2, 0.25) is 0 Å². The van der Waals surface area contributed by atoms with E-state index in [9.17, 15) is 0 Å². The molecule has 0 aliphatic rings. The summed E-state index contributed by atoms with van der Waals surface area (Å²) in [7, 11) is 4.17. The molecule has 0 radical (unpaired) electrons. The Morgan fingerprint density at radius 3 is 2.26 bits per heavy atom. The molecule has 0 heterocycles. The zero-order valence-electron chi connectivity index (χ0n) is 13.9. The summed E-state index contributed by atoms with van der Waals surface area (Å²) in [4.78, 5) is 2.18. The van der Waals surface area contributed by atoms with Crippen molar-refractivity contribution < 1.29 is 0 Å². The van der Waals surface area contributed by atoms with Crippen molar-refractivity contribution in [3.8, 4) is 0 Å². The SMILES string of the molecule is CN(C)Cc1ccccc1CNC(=S)NCCc1ccccc1. The molecule has 0 fully saturated rings. The molecule has 23 heavy (non-hydrogen) atoms. The molecule has 122 valence electrons. The molecule has 0 aliphatic heterocycles. The number of benzene rings is 2. The molecule has 0 amide bonds. The van der Waals surface area contributed by atoms with Crippen LogP contribution in [-0.2, 0) is 19.5 Å². The summed E-state index contributed by atoms with van der Waals surface area (Å²) in [6, 6.07) is 18.9. The Balaban J connectivity index is 1.76. The molecule has 2 rings (SSSR count). The Hall–Kier alpha value is -1.91. The highest BCUT2D eigenvalue weighted by Crippen LogP contribution is 2.10. The Morgan fingerprint density at radius 2 is 1.57 bits per heavy atom. The maximum Gasteiger partial charge on any atom is 0.166 e. The summed E-state index contributed by atoms with van der Waals surface area (Å²) in [5, 5.41) is 7.28.